The Morgan fingerprint density at radius 3 is 2.53 bits per heavy atom. The molecular weight excluding hydrogens is 484 g/mol. The third kappa shape index (κ3) is 4.40. The summed E-state index contributed by atoms with van der Waals surface area (Å²) in [5, 5.41) is 22.1. The third-order valence-corrected chi connectivity index (χ3v) is 6.83. The van der Waals surface area contributed by atoms with E-state index in [2.05, 4.69) is 9.97 Å². The average Bonchev–Trinajstić information content (AvgIpc) is 3.41. The Morgan fingerprint density at radius 1 is 1.11 bits per heavy atom. The summed E-state index contributed by atoms with van der Waals surface area (Å²) >= 11 is 0. The summed E-state index contributed by atoms with van der Waals surface area (Å²) in [4.78, 5) is 35.8. The molecule has 0 radical (unpaired) electrons. The largest absolute Gasteiger partial charge is 0.465 e. The number of rotatable bonds is 8. The third-order valence-electron chi connectivity index (χ3n) is 6.83. The predicted octanol–water partition coefficient (Wildman–Crippen LogP) is 4.57. The molecule has 9 heteroatoms. The van der Waals surface area contributed by atoms with Gasteiger partial charge in [0.1, 0.15) is 0 Å². The Labute approximate surface area is 220 Å². The van der Waals surface area contributed by atoms with Gasteiger partial charge >= 0.3 is 6.09 Å². The van der Waals surface area contributed by atoms with Crippen molar-refractivity contribution in [3.05, 3.63) is 95.1 Å². The molecule has 2 heterocycles. The molecule has 3 N–H and O–H groups in total. The van der Waals surface area contributed by atoms with E-state index in [-0.39, 0.29) is 24.9 Å². The number of hydrogen-bond donors (Lipinski definition) is 3. The number of anilines is 1. The number of ether oxygens (including phenoxy) is 1. The first-order chi connectivity index (χ1) is 18.1. The van der Waals surface area contributed by atoms with E-state index in [0.29, 0.717) is 34.3 Å². The first-order valence-corrected chi connectivity index (χ1v) is 12.3. The number of carbonyl (C=O) groups excluding carboxylic acids is 1. The van der Waals surface area contributed by atoms with Crippen LogP contribution in [-0.2, 0) is 17.0 Å². The van der Waals surface area contributed by atoms with Crippen LogP contribution >= 0.6 is 0 Å². The number of imidazole rings is 1. The van der Waals surface area contributed by atoms with Crippen LogP contribution in [0.25, 0.3) is 11.0 Å². The second-order valence-electron chi connectivity index (χ2n) is 10.4. The molecule has 1 atom stereocenters. The van der Waals surface area contributed by atoms with Crippen LogP contribution in [0.5, 0.6) is 0 Å². The molecule has 5 rings (SSSR count). The first kappa shape index (κ1) is 25.4. The van der Waals surface area contributed by atoms with Crippen molar-refractivity contribution >= 4 is 29.0 Å². The number of carbonyl (C=O) groups is 2. The van der Waals surface area contributed by atoms with Crippen LogP contribution in [-0.4, -0.2) is 57.3 Å². The topological polar surface area (TPSA) is 119 Å². The van der Waals surface area contributed by atoms with Gasteiger partial charge in [-0.2, -0.15) is 0 Å². The lowest BCUT2D eigenvalue weighted by Crippen LogP contribution is -2.44. The molecule has 0 aliphatic carbocycles. The summed E-state index contributed by atoms with van der Waals surface area (Å²) in [6.45, 7) is 4.58. The highest BCUT2D eigenvalue weighted by Crippen LogP contribution is 2.43. The summed E-state index contributed by atoms with van der Waals surface area (Å²) in [5.74, 6) is -0.1000. The van der Waals surface area contributed by atoms with E-state index in [4.69, 9.17) is 4.74 Å². The molecular formula is C29H30N4O5. The van der Waals surface area contributed by atoms with Crippen molar-refractivity contribution in [1.82, 2.24) is 14.9 Å². The molecule has 38 heavy (non-hydrogen) atoms. The lowest BCUT2D eigenvalue weighted by molar-refractivity contribution is -0.0542. The van der Waals surface area contributed by atoms with Crippen LogP contribution in [0.2, 0.25) is 0 Å². The maximum atomic E-state index is 13.5. The van der Waals surface area contributed by atoms with Crippen LogP contribution in [0.1, 0.15) is 40.9 Å². The van der Waals surface area contributed by atoms with Crippen molar-refractivity contribution in [2.45, 2.75) is 26.1 Å². The number of carboxylic acid groups (broad SMARTS) is 1. The molecule has 0 spiro atoms. The average molecular weight is 515 g/mol. The minimum Gasteiger partial charge on any atom is -0.465 e. The fourth-order valence-electron chi connectivity index (χ4n) is 5.11. The van der Waals surface area contributed by atoms with E-state index >= 15 is 0 Å². The lowest BCUT2D eigenvalue weighted by atomic mass is 9.93. The summed E-state index contributed by atoms with van der Waals surface area (Å²) in [6, 6.07) is 21.7. The molecule has 1 unspecified atom stereocenters. The maximum absolute atomic E-state index is 13.5. The minimum absolute atomic E-state index is 0.166. The van der Waals surface area contributed by atoms with Crippen molar-refractivity contribution in [2.24, 2.45) is 5.41 Å². The molecule has 3 aromatic carbocycles. The van der Waals surface area contributed by atoms with E-state index in [1.165, 1.54) is 4.90 Å². The van der Waals surface area contributed by atoms with E-state index in [0.717, 1.165) is 10.5 Å². The van der Waals surface area contributed by atoms with Crippen molar-refractivity contribution in [3.8, 4) is 0 Å². The number of methoxy groups -OCH3 is 1. The first-order valence-electron chi connectivity index (χ1n) is 12.3. The number of benzene rings is 3. The SMILES string of the molecule is COCC(C)(C)CN(C(=O)O)c1nc2cc(C3(O)c4ccccc4C(=O)N3Cc3ccccc3)ccc2[nH]1. The second kappa shape index (κ2) is 9.59. The van der Waals surface area contributed by atoms with Gasteiger partial charge in [-0.05, 0) is 23.8 Å². The van der Waals surface area contributed by atoms with Crippen LogP contribution in [0.3, 0.4) is 0 Å². The van der Waals surface area contributed by atoms with Crippen LogP contribution in [0, 0.1) is 5.41 Å². The fourth-order valence-corrected chi connectivity index (χ4v) is 5.11. The van der Waals surface area contributed by atoms with Crippen LogP contribution in [0.4, 0.5) is 10.7 Å². The molecule has 196 valence electrons. The highest BCUT2D eigenvalue weighted by atomic mass is 16.5. The smallest absolute Gasteiger partial charge is 0.414 e. The maximum Gasteiger partial charge on any atom is 0.414 e. The van der Waals surface area contributed by atoms with Crippen molar-refractivity contribution in [3.63, 3.8) is 0 Å². The lowest BCUT2D eigenvalue weighted by Gasteiger charge is -2.35. The van der Waals surface area contributed by atoms with Gasteiger partial charge in [-0.15, -0.1) is 0 Å². The zero-order valence-corrected chi connectivity index (χ0v) is 21.5. The van der Waals surface area contributed by atoms with Gasteiger partial charge in [0.2, 0.25) is 5.95 Å². The van der Waals surface area contributed by atoms with E-state index in [9.17, 15) is 19.8 Å². The van der Waals surface area contributed by atoms with E-state index in [1.807, 2.05) is 44.2 Å². The van der Waals surface area contributed by atoms with Gasteiger partial charge in [0, 0.05) is 42.3 Å². The molecule has 1 aromatic heterocycles. The number of H-pyrrole nitrogens is 1. The second-order valence-corrected chi connectivity index (χ2v) is 10.4. The van der Waals surface area contributed by atoms with Gasteiger partial charge in [0.25, 0.3) is 5.91 Å². The molecule has 0 bridgehead atoms. The van der Waals surface area contributed by atoms with Gasteiger partial charge in [-0.3, -0.25) is 9.69 Å². The Morgan fingerprint density at radius 2 is 1.82 bits per heavy atom. The van der Waals surface area contributed by atoms with E-state index < -0.39 is 17.2 Å². The van der Waals surface area contributed by atoms with Gasteiger partial charge in [0.05, 0.1) is 17.6 Å². The van der Waals surface area contributed by atoms with Crippen molar-refractivity contribution in [2.75, 3.05) is 25.2 Å². The molecule has 1 aliphatic rings. The standard InChI is InChI=1S/C29H30N4O5/c1-28(2,18-38-3)17-32(27(35)36)26-30-23-14-13-20(15-24(23)31-26)29(37)22-12-8-7-11-21(22)25(34)33(29)16-19-9-5-4-6-10-19/h4-15,37H,16-18H2,1-3H3,(H,30,31)(H,35,36). The van der Waals surface area contributed by atoms with Gasteiger partial charge in [-0.25, -0.2) is 14.7 Å². The number of nitrogens with one attached hydrogen (secondary N) is 1. The van der Waals surface area contributed by atoms with Gasteiger partial charge in [0.15, 0.2) is 5.72 Å². The minimum atomic E-state index is -1.73. The Bertz CT molecular complexity index is 1500. The number of amides is 2. The number of fused-ring (bicyclic) bond motifs is 2. The molecule has 2 amide bonds. The quantitative estimate of drug-likeness (QED) is 0.317. The van der Waals surface area contributed by atoms with Crippen LogP contribution in [0.15, 0.2) is 72.8 Å². The van der Waals surface area contributed by atoms with E-state index in [1.54, 1.807) is 49.6 Å². The normalized spacial score (nSPS) is 17.2. The summed E-state index contributed by atoms with van der Waals surface area (Å²) in [5.41, 5.74) is 1.16. The number of aromatic nitrogens is 2. The molecule has 9 nitrogen and oxygen atoms in total. The highest BCUT2D eigenvalue weighted by Gasteiger charge is 2.49. The van der Waals surface area contributed by atoms with Gasteiger partial charge in [-0.1, -0.05) is 68.4 Å². The summed E-state index contributed by atoms with van der Waals surface area (Å²) in [6.07, 6.45) is -1.14. The molecule has 0 saturated heterocycles. The Hall–Kier alpha value is -4.21. The zero-order valence-electron chi connectivity index (χ0n) is 21.5. The Kier molecular flexibility index (Phi) is 6.42. The molecule has 4 aromatic rings. The number of nitrogens with zero attached hydrogens (tertiary/aromatic N) is 3. The zero-order chi connectivity index (χ0) is 27.1. The molecule has 0 saturated carbocycles. The predicted molar refractivity (Wildman–Crippen MR) is 143 cm³/mol. The number of hydrogen-bond acceptors (Lipinski definition) is 5. The molecule has 0 fully saturated rings. The summed E-state index contributed by atoms with van der Waals surface area (Å²) in [7, 11) is 1.58. The Balaban J connectivity index is 1.57. The monoisotopic (exact) mass is 514 g/mol. The highest BCUT2D eigenvalue weighted by molar-refractivity contribution is 6.00. The fraction of sp³-hybridized carbons (Fsp3) is 0.276. The van der Waals surface area contributed by atoms with Gasteiger partial charge < -0.3 is 19.9 Å². The van der Waals surface area contributed by atoms with Crippen LogP contribution < -0.4 is 4.90 Å². The van der Waals surface area contributed by atoms with Crippen molar-refractivity contribution < 1.29 is 24.5 Å². The molecule has 1 aliphatic heterocycles. The van der Waals surface area contributed by atoms with Crippen molar-refractivity contribution in [1.29, 1.82) is 0 Å². The number of aromatic amines is 1. The summed E-state index contributed by atoms with van der Waals surface area (Å²) < 4.78 is 5.25. The number of aliphatic hydroxyl groups is 1.